The zero-order chi connectivity index (χ0) is 21.8. The van der Waals surface area contributed by atoms with Crippen LogP contribution in [0.3, 0.4) is 0 Å². The fourth-order valence-electron chi connectivity index (χ4n) is 3.81. The van der Waals surface area contributed by atoms with E-state index in [0.29, 0.717) is 22.3 Å². The van der Waals surface area contributed by atoms with E-state index in [4.69, 9.17) is 0 Å². The number of benzene rings is 4. The quantitative estimate of drug-likeness (QED) is 0.187. The van der Waals surface area contributed by atoms with E-state index in [1.54, 1.807) is 36.4 Å². The molecule has 0 saturated heterocycles. The van der Waals surface area contributed by atoms with Crippen molar-refractivity contribution in [2.75, 3.05) is 0 Å². The van der Waals surface area contributed by atoms with Crippen molar-refractivity contribution < 1.29 is 59.1 Å². The van der Waals surface area contributed by atoms with Gasteiger partial charge >= 0.3 is 37.7 Å². The summed E-state index contributed by atoms with van der Waals surface area (Å²) in [5, 5.41) is 0. The molecule has 9 heteroatoms. The molecule has 1 heterocycles. The molecule has 4 aromatic rings. The van der Waals surface area contributed by atoms with Gasteiger partial charge in [-0.25, -0.2) is 16.8 Å². The van der Waals surface area contributed by atoms with Gasteiger partial charge in [-0.2, -0.15) is 30.3 Å². The molecule has 1 aliphatic rings. The van der Waals surface area contributed by atoms with E-state index < -0.39 is 20.0 Å². The normalized spacial score (nSPS) is 13.2. The van der Waals surface area contributed by atoms with E-state index in [1.165, 1.54) is 24.3 Å². The molecule has 0 fully saturated rings. The van der Waals surface area contributed by atoms with Crippen LogP contribution in [0, 0.1) is 6.07 Å². The summed E-state index contributed by atoms with van der Waals surface area (Å²) in [5.41, 5.74) is 4.22. The van der Waals surface area contributed by atoms with E-state index in [9.17, 15) is 21.4 Å². The molecule has 0 spiro atoms. The Kier molecular flexibility index (Phi) is 7.20. The summed E-state index contributed by atoms with van der Waals surface area (Å²) in [6.45, 7) is 0. The minimum Gasteiger partial charge on any atom is -0.744 e. The average Bonchev–Trinajstić information content (AvgIpc) is 3.00. The van der Waals surface area contributed by atoms with Gasteiger partial charge in [0, 0.05) is 11.1 Å². The minimum absolute atomic E-state index is 0. The minimum atomic E-state index is -4.54. The molecule has 0 atom stereocenters. The molecule has 4 aromatic carbocycles. The Morgan fingerprint density at radius 1 is 0.636 bits per heavy atom. The van der Waals surface area contributed by atoms with Crippen molar-refractivity contribution >= 4 is 20.0 Å². The molecule has 1 aliphatic heterocycles. The fraction of sp³-hybridized carbons (Fsp3) is 0. The van der Waals surface area contributed by atoms with Gasteiger partial charge in [0.2, 0.25) is 9.84 Å². The molecule has 0 aromatic heterocycles. The fourth-order valence-corrected chi connectivity index (χ4v) is 6.01. The van der Waals surface area contributed by atoms with Crippen LogP contribution in [-0.2, 0) is 20.0 Å². The number of sulfone groups is 1. The second-order valence-electron chi connectivity index (χ2n) is 7.19. The van der Waals surface area contributed by atoms with Crippen LogP contribution < -0.4 is 37.7 Å². The number of rotatable bonds is 3. The molecule has 33 heavy (non-hydrogen) atoms. The van der Waals surface area contributed by atoms with E-state index in [1.807, 2.05) is 24.3 Å². The van der Waals surface area contributed by atoms with Gasteiger partial charge in [-0.05, 0) is 41.0 Å². The summed E-state index contributed by atoms with van der Waals surface area (Å²) < 4.78 is 60.0. The van der Waals surface area contributed by atoms with E-state index in [2.05, 4.69) is 6.07 Å². The van der Waals surface area contributed by atoms with Gasteiger partial charge in [0.25, 0.3) is 0 Å². The van der Waals surface area contributed by atoms with Crippen molar-refractivity contribution in [1.82, 2.24) is 0 Å². The van der Waals surface area contributed by atoms with Crippen LogP contribution in [0.5, 0.6) is 0 Å². The van der Waals surface area contributed by atoms with Gasteiger partial charge in [0.15, 0.2) is 0 Å². The molecule has 0 aliphatic carbocycles. The van der Waals surface area contributed by atoms with Crippen LogP contribution in [-0.4, -0.2) is 21.4 Å². The average molecular weight is 460 g/mol. The number of hydrogen-bond donors (Lipinski definition) is 0. The van der Waals surface area contributed by atoms with Crippen molar-refractivity contribution in [2.45, 2.75) is 14.7 Å². The molecular weight excluding hydrogens is 446 g/mol. The maximum absolute atomic E-state index is 13.3. The van der Waals surface area contributed by atoms with Gasteiger partial charge in [-0.3, -0.25) is 0 Å². The van der Waals surface area contributed by atoms with Crippen LogP contribution in [0.2, 0.25) is 0 Å². The maximum atomic E-state index is 13.3. The molecular formula is C24H14Li2O5S2. The van der Waals surface area contributed by atoms with Crippen molar-refractivity contribution in [3.05, 3.63) is 91.0 Å². The summed E-state index contributed by atoms with van der Waals surface area (Å²) in [6, 6.07) is 26.2. The first-order valence-electron chi connectivity index (χ1n) is 9.31. The summed E-state index contributed by atoms with van der Waals surface area (Å²) in [5.74, 6) is 0. The second kappa shape index (κ2) is 9.29. The Morgan fingerprint density at radius 3 is 1.52 bits per heavy atom. The summed E-state index contributed by atoms with van der Waals surface area (Å²) in [7, 11) is -8.25. The number of hydrogen-bond acceptors (Lipinski definition) is 5. The van der Waals surface area contributed by atoms with Crippen molar-refractivity contribution in [2.24, 2.45) is 0 Å². The Morgan fingerprint density at radius 2 is 1.06 bits per heavy atom. The SMILES string of the molecule is O=S(=O)([O-])c1ccc(-c2ccc3c(c2)S(=O)(=O)c2cc(-c4cc[c-]cc4)ccc2-3)cc1.[Li+].[Li+]. The molecule has 5 rings (SSSR count). The maximum Gasteiger partial charge on any atom is 1.00 e. The van der Waals surface area contributed by atoms with Gasteiger partial charge in [-0.15, -0.1) is 5.56 Å². The Hall–Kier alpha value is -2.07. The third kappa shape index (κ3) is 4.51. The zero-order valence-electron chi connectivity index (χ0n) is 17.9. The molecule has 0 radical (unpaired) electrons. The van der Waals surface area contributed by atoms with Crippen LogP contribution in [0.4, 0.5) is 0 Å². The predicted octanol–water partition coefficient (Wildman–Crippen LogP) is -1.45. The third-order valence-electron chi connectivity index (χ3n) is 5.36. The van der Waals surface area contributed by atoms with Gasteiger partial charge in [-0.1, -0.05) is 36.4 Å². The topological polar surface area (TPSA) is 91.3 Å². The first kappa shape index (κ1) is 25.6. The summed E-state index contributed by atoms with van der Waals surface area (Å²) in [6.07, 6.45) is 0. The predicted molar refractivity (Wildman–Crippen MR) is 115 cm³/mol. The second-order valence-corrected chi connectivity index (χ2v) is 10.5. The van der Waals surface area contributed by atoms with E-state index >= 15 is 0 Å². The Balaban J connectivity index is 0.00000153. The monoisotopic (exact) mass is 460 g/mol. The smallest absolute Gasteiger partial charge is 0.744 e. The number of fused-ring (bicyclic) bond motifs is 3. The zero-order valence-corrected chi connectivity index (χ0v) is 19.6. The van der Waals surface area contributed by atoms with Crippen molar-refractivity contribution in [3.63, 3.8) is 0 Å². The Labute approximate surface area is 216 Å². The molecule has 0 saturated carbocycles. The molecule has 0 amide bonds. The summed E-state index contributed by atoms with van der Waals surface area (Å²) in [4.78, 5) is 0.139. The van der Waals surface area contributed by atoms with Crippen LogP contribution >= 0.6 is 0 Å². The van der Waals surface area contributed by atoms with E-state index in [-0.39, 0.29) is 52.4 Å². The largest absolute Gasteiger partial charge is 1.00 e. The van der Waals surface area contributed by atoms with Crippen molar-refractivity contribution in [3.8, 4) is 33.4 Å². The van der Waals surface area contributed by atoms with E-state index in [0.717, 1.165) is 11.1 Å². The molecule has 154 valence electrons. The van der Waals surface area contributed by atoms with Gasteiger partial charge < -0.3 is 4.55 Å². The summed E-state index contributed by atoms with van der Waals surface area (Å²) >= 11 is 0. The first-order chi connectivity index (χ1) is 14.7. The van der Waals surface area contributed by atoms with Crippen LogP contribution in [0.25, 0.3) is 33.4 Å². The van der Waals surface area contributed by atoms with Gasteiger partial charge in [0.05, 0.1) is 14.7 Å². The van der Waals surface area contributed by atoms with Gasteiger partial charge in [0.1, 0.15) is 10.1 Å². The Bertz CT molecular complexity index is 1550. The van der Waals surface area contributed by atoms with Crippen LogP contribution in [0.1, 0.15) is 0 Å². The molecule has 0 bridgehead atoms. The molecule has 0 unspecified atom stereocenters. The molecule has 0 N–H and O–H groups in total. The molecule has 5 nitrogen and oxygen atoms in total. The third-order valence-corrected chi connectivity index (χ3v) is 8.04. The van der Waals surface area contributed by atoms with Crippen molar-refractivity contribution in [1.29, 1.82) is 0 Å². The standard InChI is InChI=1S/C24H15O5S2.2Li/c25-30(26)23-14-18(16-4-2-1-3-5-16)8-12-21(23)22-13-9-19(15-24(22)30)17-6-10-20(11-7-17)31(27,28)29;;/h2-15H,(H,27,28,29);;/q-1;2*+1/p-1. The van der Waals surface area contributed by atoms with Crippen LogP contribution in [0.15, 0.2) is 99.6 Å². The first-order valence-corrected chi connectivity index (χ1v) is 12.2.